The van der Waals surface area contributed by atoms with Crippen molar-refractivity contribution in [2.24, 2.45) is 11.7 Å². The average molecular weight is 320 g/mol. The number of amides is 1. The van der Waals surface area contributed by atoms with Gasteiger partial charge in [0.2, 0.25) is 5.13 Å². The quantitative estimate of drug-likeness (QED) is 0.828. The molecule has 3 N–H and O–H groups in total. The van der Waals surface area contributed by atoms with E-state index in [2.05, 4.69) is 29.4 Å². The van der Waals surface area contributed by atoms with Crippen LogP contribution < -0.4 is 11.1 Å². The normalized spacial score (nSPS) is 10.6. The summed E-state index contributed by atoms with van der Waals surface area (Å²) in [6.45, 7) is 4.23. The molecule has 0 spiro atoms. The molecular formula is C14H16N4OS2. The van der Waals surface area contributed by atoms with Crippen molar-refractivity contribution in [2.75, 3.05) is 5.32 Å². The molecular weight excluding hydrogens is 304 g/mol. The van der Waals surface area contributed by atoms with Crippen LogP contribution in [0.25, 0.3) is 0 Å². The highest BCUT2D eigenvalue weighted by atomic mass is 32.1. The molecule has 0 aliphatic carbocycles. The van der Waals surface area contributed by atoms with Crippen molar-refractivity contribution in [1.29, 1.82) is 0 Å². The lowest BCUT2D eigenvalue weighted by Gasteiger charge is -2.02. The Hall–Kier alpha value is -1.86. The SMILES string of the molecule is CC(C)Cc1nnc(NC(=O)c2ccc(C(N)=S)cc2)s1. The first-order chi connectivity index (χ1) is 9.95. The summed E-state index contributed by atoms with van der Waals surface area (Å²) in [5.74, 6) is 0.283. The zero-order valence-corrected chi connectivity index (χ0v) is 13.4. The van der Waals surface area contributed by atoms with Gasteiger partial charge in [0.05, 0.1) is 0 Å². The van der Waals surface area contributed by atoms with Crippen molar-refractivity contribution < 1.29 is 4.79 Å². The summed E-state index contributed by atoms with van der Waals surface area (Å²) in [6.07, 6.45) is 0.857. The molecule has 0 saturated carbocycles. The van der Waals surface area contributed by atoms with Gasteiger partial charge in [0.25, 0.3) is 5.91 Å². The van der Waals surface area contributed by atoms with Crippen LogP contribution in [-0.4, -0.2) is 21.1 Å². The van der Waals surface area contributed by atoms with E-state index in [1.165, 1.54) is 11.3 Å². The van der Waals surface area contributed by atoms with Crippen LogP contribution in [0.4, 0.5) is 5.13 Å². The number of anilines is 1. The van der Waals surface area contributed by atoms with Gasteiger partial charge in [0.1, 0.15) is 10.00 Å². The van der Waals surface area contributed by atoms with E-state index in [4.69, 9.17) is 18.0 Å². The van der Waals surface area contributed by atoms with E-state index >= 15 is 0 Å². The molecule has 2 aromatic rings. The number of nitrogens with one attached hydrogen (secondary N) is 1. The highest BCUT2D eigenvalue weighted by Gasteiger charge is 2.11. The molecule has 1 heterocycles. The monoisotopic (exact) mass is 320 g/mol. The van der Waals surface area contributed by atoms with Gasteiger partial charge < -0.3 is 5.73 Å². The summed E-state index contributed by atoms with van der Waals surface area (Å²) in [7, 11) is 0. The number of nitrogens with two attached hydrogens (primary N) is 1. The first kappa shape index (κ1) is 15.5. The largest absolute Gasteiger partial charge is 0.389 e. The molecule has 1 aromatic heterocycles. The van der Waals surface area contributed by atoms with Crippen LogP contribution in [0.15, 0.2) is 24.3 Å². The van der Waals surface area contributed by atoms with E-state index in [9.17, 15) is 4.79 Å². The summed E-state index contributed by atoms with van der Waals surface area (Å²) in [5, 5.41) is 12.2. The Balaban J connectivity index is 2.03. The van der Waals surface area contributed by atoms with E-state index in [0.29, 0.717) is 21.6 Å². The number of carbonyl (C=O) groups excluding carboxylic acids is 1. The Labute approximate surface area is 132 Å². The summed E-state index contributed by atoms with van der Waals surface area (Å²) >= 11 is 6.27. The second kappa shape index (κ2) is 6.73. The molecule has 2 rings (SSSR count). The molecule has 1 amide bonds. The highest BCUT2D eigenvalue weighted by molar-refractivity contribution is 7.80. The van der Waals surface area contributed by atoms with Crippen LogP contribution in [-0.2, 0) is 6.42 Å². The summed E-state index contributed by atoms with van der Waals surface area (Å²) in [5.41, 5.74) is 6.78. The predicted octanol–water partition coefficient (Wildman–Crippen LogP) is 2.62. The molecule has 0 saturated heterocycles. The van der Waals surface area contributed by atoms with Crippen molar-refractivity contribution in [1.82, 2.24) is 10.2 Å². The van der Waals surface area contributed by atoms with Crippen molar-refractivity contribution in [3.05, 3.63) is 40.4 Å². The van der Waals surface area contributed by atoms with Crippen molar-refractivity contribution >= 4 is 39.6 Å². The number of thiocarbonyl (C=S) groups is 1. The molecule has 0 fully saturated rings. The van der Waals surface area contributed by atoms with Gasteiger partial charge in [-0.3, -0.25) is 10.1 Å². The number of rotatable bonds is 5. The Kier molecular flexibility index (Phi) is 4.98. The van der Waals surface area contributed by atoms with Crippen molar-refractivity contribution in [2.45, 2.75) is 20.3 Å². The third-order valence-corrected chi connectivity index (χ3v) is 3.80. The van der Waals surface area contributed by atoms with Crippen LogP contribution in [0.3, 0.4) is 0 Å². The molecule has 0 aliphatic heterocycles. The first-order valence-corrected chi connectivity index (χ1v) is 7.71. The van der Waals surface area contributed by atoms with Gasteiger partial charge in [-0.25, -0.2) is 0 Å². The Bertz CT molecular complexity index is 649. The molecule has 0 atom stereocenters. The van der Waals surface area contributed by atoms with E-state index in [1.807, 2.05) is 0 Å². The zero-order chi connectivity index (χ0) is 15.4. The van der Waals surface area contributed by atoms with Crippen LogP contribution in [0.2, 0.25) is 0 Å². The third-order valence-electron chi connectivity index (χ3n) is 2.70. The topological polar surface area (TPSA) is 80.9 Å². The van der Waals surface area contributed by atoms with Gasteiger partial charge in [0.15, 0.2) is 0 Å². The van der Waals surface area contributed by atoms with Crippen LogP contribution in [0.5, 0.6) is 0 Å². The lowest BCUT2D eigenvalue weighted by atomic mass is 10.1. The fourth-order valence-corrected chi connectivity index (χ4v) is 2.77. The van der Waals surface area contributed by atoms with Gasteiger partial charge in [-0.05, 0) is 18.1 Å². The summed E-state index contributed by atoms with van der Waals surface area (Å²) in [6, 6.07) is 6.81. The number of benzene rings is 1. The maximum absolute atomic E-state index is 12.1. The zero-order valence-electron chi connectivity index (χ0n) is 11.8. The molecule has 0 aliphatic rings. The van der Waals surface area contributed by atoms with E-state index < -0.39 is 0 Å². The van der Waals surface area contributed by atoms with Crippen molar-refractivity contribution in [3.8, 4) is 0 Å². The standard InChI is InChI=1S/C14H16N4OS2/c1-8(2)7-11-17-18-14(21-11)16-13(19)10-5-3-9(4-6-10)12(15)20/h3-6,8H,7H2,1-2H3,(H2,15,20)(H,16,18,19). The molecule has 21 heavy (non-hydrogen) atoms. The molecule has 7 heteroatoms. The molecule has 1 aromatic carbocycles. The maximum Gasteiger partial charge on any atom is 0.257 e. The van der Waals surface area contributed by atoms with Crippen LogP contribution >= 0.6 is 23.6 Å². The van der Waals surface area contributed by atoms with E-state index in [0.717, 1.165) is 17.0 Å². The Morgan fingerprint density at radius 1 is 1.29 bits per heavy atom. The number of nitrogens with zero attached hydrogens (tertiary/aromatic N) is 2. The number of aromatic nitrogens is 2. The molecule has 5 nitrogen and oxygen atoms in total. The third kappa shape index (κ3) is 4.30. The molecule has 110 valence electrons. The Morgan fingerprint density at radius 2 is 1.90 bits per heavy atom. The summed E-state index contributed by atoms with van der Waals surface area (Å²) < 4.78 is 0. The second-order valence-electron chi connectivity index (χ2n) is 4.99. The molecule has 0 bridgehead atoms. The molecule has 0 radical (unpaired) electrons. The lowest BCUT2D eigenvalue weighted by Crippen LogP contribution is -2.13. The minimum absolute atomic E-state index is 0.225. The van der Waals surface area contributed by atoms with Gasteiger partial charge in [-0.1, -0.05) is 49.5 Å². The number of hydrogen-bond donors (Lipinski definition) is 2. The fraction of sp³-hybridized carbons (Fsp3) is 0.286. The second-order valence-corrected chi connectivity index (χ2v) is 6.50. The summed E-state index contributed by atoms with van der Waals surface area (Å²) in [4.78, 5) is 12.4. The van der Waals surface area contributed by atoms with Gasteiger partial charge >= 0.3 is 0 Å². The fourth-order valence-electron chi connectivity index (χ4n) is 1.69. The van der Waals surface area contributed by atoms with Crippen molar-refractivity contribution in [3.63, 3.8) is 0 Å². The maximum atomic E-state index is 12.1. The van der Waals surface area contributed by atoms with E-state index in [-0.39, 0.29) is 5.91 Å². The lowest BCUT2D eigenvalue weighted by molar-refractivity contribution is 0.102. The van der Waals surface area contributed by atoms with Gasteiger partial charge in [0, 0.05) is 17.5 Å². The first-order valence-electron chi connectivity index (χ1n) is 6.49. The van der Waals surface area contributed by atoms with E-state index in [1.54, 1.807) is 24.3 Å². The molecule has 0 unspecified atom stereocenters. The predicted molar refractivity (Wildman–Crippen MR) is 88.7 cm³/mol. The van der Waals surface area contributed by atoms with Gasteiger partial charge in [-0.15, -0.1) is 10.2 Å². The van der Waals surface area contributed by atoms with Gasteiger partial charge in [-0.2, -0.15) is 0 Å². The van der Waals surface area contributed by atoms with Crippen LogP contribution in [0.1, 0.15) is 34.8 Å². The minimum atomic E-state index is -0.225. The highest BCUT2D eigenvalue weighted by Crippen LogP contribution is 2.19. The number of carbonyl (C=O) groups is 1. The number of hydrogen-bond acceptors (Lipinski definition) is 5. The Morgan fingerprint density at radius 3 is 2.48 bits per heavy atom. The average Bonchev–Trinajstić information content (AvgIpc) is 2.85. The van der Waals surface area contributed by atoms with Crippen LogP contribution in [0, 0.1) is 5.92 Å². The minimum Gasteiger partial charge on any atom is -0.389 e. The smallest absolute Gasteiger partial charge is 0.257 e.